The van der Waals surface area contributed by atoms with Crippen LogP contribution >= 0.6 is 0 Å². The molecule has 1 aromatic heterocycles. The van der Waals surface area contributed by atoms with Crippen LogP contribution in [0.4, 0.5) is 0 Å². The van der Waals surface area contributed by atoms with Gasteiger partial charge < -0.3 is 4.98 Å². The first-order valence-corrected chi connectivity index (χ1v) is 6.16. The van der Waals surface area contributed by atoms with Crippen molar-refractivity contribution in [1.29, 1.82) is 0 Å². The molecule has 96 valence electrons. The number of fused-ring (bicyclic) bond motifs is 1. The zero-order chi connectivity index (χ0) is 12.8. The quantitative estimate of drug-likeness (QED) is 0.416. The maximum atomic E-state index is 10.8. The number of nitrogens with zero attached hydrogens (tertiary/aromatic N) is 1. The zero-order valence-corrected chi connectivity index (χ0v) is 10.1. The summed E-state index contributed by atoms with van der Waals surface area (Å²) in [5.41, 5.74) is 3.69. The van der Waals surface area contributed by atoms with Crippen LogP contribution in [0.25, 0.3) is 11.0 Å². The molecule has 3 N–H and O–H groups in total. The van der Waals surface area contributed by atoms with E-state index in [9.17, 15) is 4.79 Å². The number of H-pyrrole nitrogens is 1. The van der Waals surface area contributed by atoms with Crippen LogP contribution in [0.15, 0.2) is 24.3 Å². The number of hydrogen-bond acceptors (Lipinski definition) is 3. The summed E-state index contributed by atoms with van der Waals surface area (Å²) >= 11 is 0. The Morgan fingerprint density at radius 3 is 2.89 bits per heavy atom. The smallest absolute Gasteiger partial charge is 0.243 e. The van der Waals surface area contributed by atoms with Gasteiger partial charge in [0.15, 0.2) is 0 Å². The Balaban J connectivity index is 1.75. The summed E-state index contributed by atoms with van der Waals surface area (Å²) in [6, 6.07) is 7.95. The fourth-order valence-electron chi connectivity index (χ4n) is 1.93. The maximum Gasteiger partial charge on any atom is 0.243 e. The van der Waals surface area contributed by atoms with E-state index in [-0.39, 0.29) is 5.91 Å². The van der Waals surface area contributed by atoms with Gasteiger partial charge in [-0.25, -0.2) is 10.5 Å². The largest absolute Gasteiger partial charge is 0.342 e. The first kappa shape index (κ1) is 12.6. The molecule has 0 atom stereocenters. The molecule has 0 saturated carbocycles. The van der Waals surface area contributed by atoms with Crippen LogP contribution in [-0.4, -0.2) is 21.1 Å². The number of imidazole rings is 1. The highest BCUT2D eigenvalue weighted by Crippen LogP contribution is 2.12. The van der Waals surface area contributed by atoms with Gasteiger partial charge in [-0.1, -0.05) is 18.6 Å². The number of para-hydroxylation sites is 2. The summed E-state index contributed by atoms with van der Waals surface area (Å²) in [6.45, 7) is 0. The van der Waals surface area contributed by atoms with Crippen molar-refractivity contribution in [1.82, 2.24) is 15.4 Å². The molecule has 0 aliphatic heterocycles. The van der Waals surface area contributed by atoms with Crippen LogP contribution in [-0.2, 0) is 11.2 Å². The van der Waals surface area contributed by atoms with Gasteiger partial charge in [0.2, 0.25) is 5.91 Å². The van der Waals surface area contributed by atoms with E-state index >= 15 is 0 Å². The summed E-state index contributed by atoms with van der Waals surface area (Å²) in [5.74, 6) is 0.668. The number of hydroxylamine groups is 1. The van der Waals surface area contributed by atoms with Crippen LogP contribution in [0.1, 0.15) is 31.5 Å². The Kier molecular flexibility index (Phi) is 4.30. The fraction of sp³-hybridized carbons (Fsp3) is 0.385. The molecule has 0 bridgehead atoms. The van der Waals surface area contributed by atoms with Crippen molar-refractivity contribution < 1.29 is 10.0 Å². The third-order valence-corrected chi connectivity index (χ3v) is 2.88. The molecule has 18 heavy (non-hydrogen) atoms. The van der Waals surface area contributed by atoms with Gasteiger partial charge in [0, 0.05) is 12.8 Å². The Hall–Kier alpha value is -1.88. The number of aromatic nitrogens is 2. The monoisotopic (exact) mass is 247 g/mol. The van der Waals surface area contributed by atoms with E-state index in [4.69, 9.17) is 5.21 Å². The number of benzene rings is 1. The van der Waals surface area contributed by atoms with Crippen molar-refractivity contribution in [2.24, 2.45) is 0 Å². The molecule has 0 spiro atoms. The van der Waals surface area contributed by atoms with E-state index < -0.39 is 0 Å². The van der Waals surface area contributed by atoms with Crippen LogP contribution in [0.2, 0.25) is 0 Å². The number of rotatable bonds is 6. The summed E-state index contributed by atoms with van der Waals surface area (Å²) in [5, 5.41) is 8.34. The number of nitrogens with one attached hydrogen (secondary N) is 2. The van der Waals surface area contributed by atoms with Gasteiger partial charge in [0.25, 0.3) is 0 Å². The predicted molar refractivity (Wildman–Crippen MR) is 68.2 cm³/mol. The number of carbonyl (C=O) groups excluding carboxylic acids is 1. The highest BCUT2D eigenvalue weighted by Gasteiger charge is 2.02. The van der Waals surface area contributed by atoms with Crippen molar-refractivity contribution in [3.63, 3.8) is 0 Å². The average Bonchev–Trinajstić information content (AvgIpc) is 2.80. The second-order valence-corrected chi connectivity index (χ2v) is 4.30. The van der Waals surface area contributed by atoms with E-state index in [1.165, 1.54) is 0 Å². The van der Waals surface area contributed by atoms with Crippen molar-refractivity contribution in [2.45, 2.75) is 32.1 Å². The van der Waals surface area contributed by atoms with Crippen LogP contribution in [0, 0.1) is 0 Å². The van der Waals surface area contributed by atoms with Gasteiger partial charge in [0.1, 0.15) is 5.82 Å². The van der Waals surface area contributed by atoms with Crippen molar-refractivity contribution >= 4 is 16.9 Å². The lowest BCUT2D eigenvalue weighted by Gasteiger charge is -1.98. The predicted octanol–water partition coefficient (Wildman–Crippen LogP) is 2.17. The van der Waals surface area contributed by atoms with E-state index in [0.29, 0.717) is 6.42 Å². The maximum absolute atomic E-state index is 10.8. The first-order chi connectivity index (χ1) is 8.79. The molecule has 1 amide bonds. The van der Waals surface area contributed by atoms with Gasteiger partial charge in [-0.2, -0.15) is 0 Å². The van der Waals surface area contributed by atoms with Crippen molar-refractivity contribution in [3.8, 4) is 0 Å². The summed E-state index contributed by atoms with van der Waals surface area (Å²) in [7, 11) is 0. The number of hydrogen-bond donors (Lipinski definition) is 3. The number of aromatic amines is 1. The number of unbranched alkanes of at least 4 members (excludes halogenated alkanes) is 2. The zero-order valence-electron chi connectivity index (χ0n) is 10.1. The number of amides is 1. The molecule has 2 rings (SSSR count). The lowest BCUT2D eigenvalue weighted by molar-refractivity contribution is -0.129. The molecule has 0 aliphatic carbocycles. The van der Waals surface area contributed by atoms with Crippen molar-refractivity contribution in [3.05, 3.63) is 30.1 Å². The molecule has 0 fully saturated rings. The van der Waals surface area contributed by atoms with Gasteiger partial charge in [0.05, 0.1) is 11.0 Å². The number of carbonyl (C=O) groups is 1. The lowest BCUT2D eigenvalue weighted by Crippen LogP contribution is -2.17. The van der Waals surface area contributed by atoms with Gasteiger partial charge in [-0.3, -0.25) is 10.0 Å². The summed E-state index contributed by atoms with van der Waals surface area (Å²) in [6.07, 6.45) is 3.97. The van der Waals surface area contributed by atoms with E-state index in [0.717, 1.165) is 42.5 Å². The summed E-state index contributed by atoms with van der Waals surface area (Å²) < 4.78 is 0. The van der Waals surface area contributed by atoms with Gasteiger partial charge in [-0.15, -0.1) is 0 Å². The molecule has 5 heteroatoms. The minimum atomic E-state index is -0.321. The molecule has 1 aromatic carbocycles. The summed E-state index contributed by atoms with van der Waals surface area (Å²) in [4.78, 5) is 18.5. The Morgan fingerprint density at radius 2 is 2.11 bits per heavy atom. The van der Waals surface area contributed by atoms with Gasteiger partial charge >= 0.3 is 0 Å². The van der Waals surface area contributed by atoms with E-state index in [2.05, 4.69) is 9.97 Å². The third-order valence-electron chi connectivity index (χ3n) is 2.88. The van der Waals surface area contributed by atoms with Gasteiger partial charge in [-0.05, 0) is 25.0 Å². The minimum absolute atomic E-state index is 0.321. The molecule has 1 heterocycles. The van der Waals surface area contributed by atoms with E-state index in [1.54, 1.807) is 5.48 Å². The lowest BCUT2D eigenvalue weighted by atomic mass is 10.1. The minimum Gasteiger partial charge on any atom is -0.342 e. The van der Waals surface area contributed by atoms with Crippen LogP contribution < -0.4 is 5.48 Å². The molecule has 0 radical (unpaired) electrons. The third kappa shape index (κ3) is 3.30. The SMILES string of the molecule is O=C(CCCCCc1nc2ccccc2[nH]1)NO. The Morgan fingerprint density at radius 1 is 1.28 bits per heavy atom. The first-order valence-electron chi connectivity index (χ1n) is 6.16. The molecular formula is C13H17N3O2. The molecule has 0 unspecified atom stereocenters. The highest BCUT2D eigenvalue weighted by molar-refractivity contribution is 5.75. The second kappa shape index (κ2) is 6.16. The van der Waals surface area contributed by atoms with Crippen LogP contribution in [0.5, 0.6) is 0 Å². The van der Waals surface area contributed by atoms with Crippen LogP contribution in [0.3, 0.4) is 0 Å². The second-order valence-electron chi connectivity index (χ2n) is 4.30. The normalized spacial score (nSPS) is 10.7. The highest BCUT2D eigenvalue weighted by atomic mass is 16.5. The standard InChI is InChI=1S/C13H17N3O2/c17-13(16-18)9-3-1-2-8-12-14-10-6-4-5-7-11(10)15-12/h4-7,18H,1-3,8-9H2,(H,14,15)(H,16,17). The molecule has 0 saturated heterocycles. The molecule has 2 aromatic rings. The molecule has 0 aliphatic rings. The Labute approximate surface area is 105 Å². The Bertz CT molecular complexity index is 489. The fourth-order valence-corrected chi connectivity index (χ4v) is 1.93. The average molecular weight is 247 g/mol. The van der Waals surface area contributed by atoms with Crippen molar-refractivity contribution in [2.75, 3.05) is 0 Å². The molecular weight excluding hydrogens is 230 g/mol. The molecule has 5 nitrogen and oxygen atoms in total. The number of aryl methyl sites for hydroxylation is 1. The van der Waals surface area contributed by atoms with E-state index in [1.807, 2.05) is 24.3 Å². The topological polar surface area (TPSA) is 78.0 Å².